The van der Waals surface area contributed by atoms with E-state index in [1.165, 1.54) is 19.2 Å². The number of sulfonamides is 1. The van der Waals surface area contributed by atoms with E-state index in [1.54, 1.807) is 18.2 Å². The Morgan fingerprint density at radius 3 is 2.29 bits per heavy atom. The number of methoxy groups -OCH3 is 1. The highest BCUT2D eigenvalue weighted by molar-refractivity contribution is 7.89. The summed E-state index contributed by atoms with van der Waals surface area (Å²) in [5.74, 6) is 0.420. The molecule has 0 heterocycles. The van der Waals surface area contributed by atoms with Crippen molar-refractivity contribution in [3.8, 4) is 11.5 Å². The second-order valence-corrected chi connectivity index (χ2v) is 7.42. The molecule has 10 heteroatoms. The molecule has 1 amide bonds. The van der Waals surface area contributed by atoms with Crippen LogP contribution in [0.3, 0.4) is 0 Å². The molecule has 0 aromatic heterocycles. The van der Waals surface area contributed by atoms with E-state index in [4.69, 9.17) is 20.3 Å². The first-order valence-corrected chi connectivity index (χ1v) is 9.74. The Kier molecular flexibility index (Phi) is 9.20. The number of carbonyl (C=O) groups is 1. The second kappa shape index (κ2) is 10.9. The summed E-state index contributed by atoms with van der Waals surface area (Å²) in [5, 5.41) is 8.38. The fourth-order valence-electron chi connectivity index (χ4n) is 2.40. The van der Waals surface area contributed by atoms with Gasteiger partial charge >= 0.3 is 0 Å². The molecule has 154 valence electrons. The third kappa shape index (κ3) is 7.35. The fourth-order valence-corrected chi connectivity index (χ4v) is 2.92. The van der Waals surface area contributed by atoms with Gasteiger partial charge in [-0.1, -0.05) is 18.2 Å². The van der Waals surface area contributed by atoms with E-state index in [1.807, 2.05) is 12.1 Å². The molecule has 0 spiro atoms. The van der Waals surface area contributed by atoms with Gasteiger partial charge in [0.05, 0.1) is 12.0 Å². The molecule has 0 atom stereocenters. The van der Waals surface area contributed by atoms with Crippen molar-refractivity contribution in [2.24, 2.45) is 10.9 Å². The van der Waals surface area contributed by atoms with E-state index in [0.29, 0.717) is 24.6 Å². The summed E-state index contributed by atoms with van der Waals surface area (Å²) >= 11 is 0. The van der Waals surface area contributed by atoms with Crippen molar-refractivity contribution < 1.29 is 35.1 Å². The molecule has 2 rings (SSSR count). The Balaban J connectivity index is 0.00000392. The Bertz CT molecular complexity index is 889. The van der Waals surface area contributed by atoms with Crippen molar-refractivity contribution in [2.75, 3.05) is 20.3 Å². The standard InChI is InChI=1S/C18H23N3O5S.ClH/c1-25-17-10-14(4-7-16(17)26-12-18(19)22)11-21-9-8-13-2-5-15(6-3-13)27(20,23)24;/h2-7,10,21H,8-9,11-12H2,1H3,(H2,19,22)(H2,20,23,24);1H/p-1. The van der Waals surface area contributed by atoms with Crippen LogP contribution in [-0.4, -0.2) is 34.6 Å². The third-order valence-corrected chi connectivity index (χ3v) is 4.70. The van der Waals surface area contributed by atoms with Crippen LogP contribution in [-0.2, 0) is 27.8 Å². The average Bonchev–Trinajstić information content (AvgIpc) is 2.63. The van der Waals surface area contributed by atoms with E-state index < -0.39 is 15.9 Å². The van der Waals surface area contributed by atoms with Crippen molar-refractivity contribution in [1.82, 2.24) is 5.32 Å². The van der Waals surface area contributed by atoms with Gasteiger partial charge in [0.15, 0.2) is 18.1 Å². The molecule has 5 N–H and O–H groups in total. The minimum absolute atomic E-state index is 0. The highest BCUT2D eigenvalue weighted by atomic mass is 35.5. The molecule has 0 saturated carbocycles. The first kappa shape index (κ1) is 23.7. The lowest BCUT2D eigenvalue weighted by atomic mass is 10.1. The van der Waals surface area contributed by atoms with Gasteiger partial charge in [0.25, 0.3) is 5.91 Å². The van der Waals surface area contributed by atoms with Crippen molar-refractivity contribution in [3.05, 3.63) is 53.6 Å². The molecule has 0 unspecified atom stereocenters. The maximum Gasteiger partial charge on any atom is 0.255 e. The van der Waals surface area contributed by atoms with E-state index in [-0.39, 0.29) is 23.9 Å². The molecular weight excluding hydrogens is 406 g/mol. The fraction of sp³-hybridized carbons (Fsp3) is 0.278. The average molecular weight is 429 g/mol. The zero-order valence-electron chi connectivity index (χ0n) is 15.4. The van der Waals surface area contributed by atoms with Gasteiger partial charge in [0.2, 0.25) is 10.0 Å². The molecular formula is C18H23ClN3O5S-. The van der Waals surface area contributed by atoms with Crippen LogP contribution in [0.5, 0.6) is 11.5 Å². The molecule has 8 nitrogen and oxygen atoms in total. The van der Waals surface area contributed by atoms with Crippen molar-refractivity contribution in [2.45, 2.75) is 17.9 Å². The van der Waals surface area contributed by atoms with Crippen molar-refractivity contribution >= 4 is 15.9 Å². The number of nitrogens with one attached hydrogen (secondary N) is 1. The van der Waals surface area contributed by atoms with Gasteiger partial charge < -0.3 is 32.9 Å². The van der Waals surface area contributed by atoms with Gasteiger partial charge in [-0.25, -0.2) is 13.6 Å². The quantitative estimate of drug-likeness (QED) is 0.359. The monoisotopic (exact) mass is 428 g/mol. The van der Waals surface area contributed by atoms with Crippen molar-refractivity contribution in [1.29, 1.82) is 0 Å². The van der Waals surface area contributed by atoms with Gasteiger partial charge in [0.1, 0.15) is 0 Å². The lowest BCUT2D eigenvalue weighted by Gasteiger charge is -2.12. The van der Waals surface area contributed by atoms with Gasteiger partial charge in [-0.3, -0.25) is 4.79 Å². The first-order valence-electron chi connectivity index (χ1n) is 8.20. The third-order valence-electron chi connectivity index (χ3n) is 3.77. The number of benzene rings is 2. The number of hydrogen-bond donors (Lipinski definition) is 3. The van der Waals surface area contributed by atoms with Crippen LogP contribution in [0.4, 0.5) is 0 Å². The van der Waals surface area contributed by atoms with Crippen LogP contribution < -0.4 is 38.1 Å². The minimum atomic E-state index is -3.66. The number of nitrogens with two attached hydrogens (primary N) is 2. The molecule has 0 saturated heterocycles. The van der Waals surface area contributed by atoms with Crippen LogP contribution in [0.2, 0.25) is 0 Å². The van der Waals surface area contributed by atoms with Crippen LogP contribution in [0.15, 0.2) is 47.4 Å². The summed E-state index contributed by atoms with van der Waals surface area (Å²) < 4.78 is 33.0. The molecule has 0 aliphatic carbocycles. The van der Waals surface area contributed by atoms with Crippen LogP contribution in [0.1, 0.15) is 11.1 Å². The molecule has 0 fully saturated rings. The summed E-state index contributed by atoms with van der Waals surface area (Å²) in [5.41, 5.74) is 7.06. The van der Waals surface area contributed by atoms with E-state index in [0.717, 1.165) is 17.5 Å². The number of halogens is 1. The lowest BCUT2D eigenvalue weighted by molar-refractivity contribution is -0.119. The summed E-state index contributed by atoms with van der Waals surface area (Å²) in [6.45, 7) is 1.11. The highest BCUT2D eigenvalue weighted by Crippen LogP contribution is 2.27. The maximum atomic E-state index is 11.2. The van der Waals surface area contributed by atoms with Crippen LogP contribution >= 0.6 is 0 Å². The summed E-state index contributed by atoms with van der Waals surface area (Å²) in [6, 6.07) is 11.9. The number of primary amides is 1. The van der Waals surface area contributed by atoms with Gasteiger partial charge in [-0.2, -0.15) is 0 Å². The Morgan fingerprint density at radius 1 is 1.07 bits per heavy atom. The van der Waals surface area contributed by atoms with Gasteiger partial charge in [0, 0.05) is 6.54 Å². The Labute approximate surface area is 170 Å². The summed E-state index contributed by atoms with van der Waals surface area (Å²) in [4.78, 5) is 10.9. The molecule has 2 aromatic carbocycles. The zero-order chi connectivity index (χ0) is 19.9. The number of hydrogen-bond acceptors (Lipinski definition) is 6. The zero-order valence-corrected chi connectivity index (χ0v) is 16.9. The molecule has 0 bridgehead atoms. The summed E-state index contributed by atoms with van der Waals surface area (Å²) in [7, 11) is -2.14. The molecule has 0 aliphatic heterocycles. The van der Waals surface area contributed by atoms with Gasteiger partial charge in [-0.05, 0) is 48.4 Å². The molecule has 28 heavy (non-hydrogen) atoms. The van der Waals surface area contributed by atoms with Gasteiger partial charge in [-0.15, -0.1) is 0 Å². The van der Waals surface area contributed by atoms with E-state index in [9.17, 15) is 13.2 Å². The minimum Gasteiger partial charge on any atom is -1.00 e. The Hall–Kier alpha value is -2.33. The largest absolute Gasteiger partial charge is 1.00 e. The number of carbonyl (C=O) groups excluding carboxylic acids is 1. The van der Waals surface area contributed by atoms with Crippen LogP contribution in [0.25, 0.3) is 0 Å². The van der Waals surface area contributed by atoms with E-state index >= 15 is 0 Å². The first-order chi connectivity index (χ1) is 12.8. The normalized spacial score (nSPS) is 10.8. The predicted molar refractivity (Wildman–Crippen MR) is 101 cm³/mol. The predicted octanol–water partition coefficient (Wildman–Crippen LogP) is -2.46. The number of ether oxygens (including phenoxy) is 2. The van der Waals surface area contributed by atoms with Crippen LogP contribution in [0, 0.1) is 0 Å². The molecule has 0 radical (unpaired) electrons. The smallest absolute Gasteiger partial charge is 0.255 e. The van der Waals surface area contributed by atoms with Crippen molar-refractivity contribution in [3.63, 3.8) is 0 Å². The highest BCUT2D eigenvalue weighted by Gasteiger charge is 2.08. The SMILES string of the molecule is COc1cc(CNCCc2ccc(S(N)(=O)=O)cc2)ccc1OCC(N)=O.[Cl-]. The summed E-state index contributed by atoms with van der Waals surface area (Å²) in [6.07, 6.45) is 0.738. The second-order valence-electron chi connectivity index (χ2n) is 5.86. The lowest BCUT2D eigenvalue weighted by Crippen LogP contribution is -3.00. The number of rotatable bonds is 10. The maximum absolute atomic E-state index is 11.2. The molecule has 0 aliphatic rings. The Morgan fingerprint density at radius 2 is 1.71 bits per heavy atom. The number of amides is 1. The topological polar surface area (TPSA) is 134 Å². The van der Waals surface area contributed by atoms with E-state index in [2.05, 4.69) is 5.32 Å². The molecule has 2 aromatic rings. The number of primary sulfonamides is 1.